The number of benzene rings is 3. The van der Waals surface area contributed by atoms with E-state index in [0.717, 1.165) is 23.6 Å². The smallest absolute Gasteiger partial charge is 0.270 e. The van der Waals surface area contributed by atoms with Crippen molar-refractivity contribution in [3.8, 4) is 0 Å². The summed E-state index contributed by atoms with van der Waals surface area (Å²) in [7, 11) is -4.54. The summed E-state index contributed by atoms with van der Waals surface area (Å²) in [5.74, 6) is -1.74. The number of rotatable bonds is 5. The Labute approximate surface area is 237 Å². The molecular weight excluding hydrogens is 542 g/mol. The molecule has 0 N–H and O–H groups in total. The number of nitrogens with zero attached hydrogens (tertiary/aromatic N) is 1. The largest absolute Gasteiger partial charge is 0.461 e. The van der Waals surface area contributed by atoms with Gasteiger partial charge in [-0.05, 0) is 63.1 Å². The van der Waals surface area contributed by atoms with Gasteiger partial charge in [0.2, 0.25) is 5.91 Å². The van der Waals surface area contributed by atoms with Crippen molar-refractivity contribution in [3.63, 3.8) is 0 Å². The maximum atomic E-state index is 14.3. The molecule has 0 bridgehead atoms. The molecule has 9 heteroatoms. The van der Waals surface area contributed by atoms with Crippen LogP contribution in [0.25, 0.3) is 11.0 Å². The minimum Gasteiger partial charge on any atom is -0.461 e. The highest BCUT2D eigenvalue weighted by atomic mass is 32.2. The highest BCUT2D eigenvalue weighted by Gasteiger charge is 2.38. The van der Waals surface area contributed by atoms with E-state index >= 15 is 0 Å². The number of carbonyl (C=O) groups excluding carboxylic acids is 4. The van der Waals surface area contributed by atoms with Crippen molar-refractivity contribution in [1.82, 2.24) is 0 Å². The van der Waals surface area contributed by atoms with Crippen LogP contribution in [-0.4, -0.2) is 31.7 Å². The second-order valence-electron chi connectivity index (χ2n) is 10.6. The molecule has 0 saturated heterocycles. The second-order valence-corrected chi connectivity index (χ2v) is 12.4. The Morgan fingerprint density at radius 1 is 0.829 bits per heavy atom. The van der Waals surface area contributed by atoms with Crippen LogP contribution in [-0.2, 0) is 14.8 Å². The Morgan fingerprint density at radius 2 is 1.46 bits per heavy atom. The molecule has 8 nitrogen and oxygen atoms in total. The van der Waals surface area contributed by atoms with Gasteiger partial charge in [-0.2, -0.15) is 0 Å². The van der Waals surface area contributed by atoms with E-state index in [1.54, 1.807) is 31.2 Å². The third kappa shape index (κ3) is 4.32. The molecule has 41 heavy (non-hydrogen) atoms. The van der Waals surface area contributed by atoms with Crippen LogP contribution in [0.15, 0.2) is 70.0 Å². The molecule has 2 aliphatic rings. The lowest BCUT2D eigenvalue weighted by atomic mass is 9.84. The first-order chi connectivity index (χ1) is 19.6. The fourth-order valence-corrected chi connectivity index (χ4v) is 7.51. The Hall–Kier alpha value is -4.37. The first kappa shape index (κ1) is 26.8. The standard InChI is InChI=1S/C32H27NO7S/c1-18(34)29-19(2)40-28-15-12-21(16-27(28)29)33(32(37)20-8-4-3-5-9-20)41(38,39)22-13-14-25-26(17-22)31(36)24-11-7-6-10-23(24)30(25)35/h6-7,10-17,20H,3-5,8-9H2,1-2H3. The van der Waals surface area contributed by atoms with Gasteiger partial charge in [0.15, 0.2) is 17.3 Å². The van der Waals surface area contributed by atoms with Crippen LogP contribution >= 0.6 is 0 Å². The summed E-state index contributed by atoms with van der Waals surface area (Å²) in [6.07, 6.45) is 3.72. The number of amides is 1. The molecule has 6 rings (SSSR count). The summed E-state index contributed by atoms with van der Waals surface area (Å²) >= 11 is 0. The zero-order valence-corrected chi connectivity index (χ0v) is 23.4. The van der Waals surface area contributed by atoms with E-state index in [2.05, 4.69) is 0 Å². The maximum Gasteiger partial charge on any atom is 0.270 e. The maximum absolute atomic E-state index is 14.3. The van der Waals surface area contributed by atoms with Gasteiger partial charge in [-0.15, -0.1) is 0 Å². The third-order valence-electron chi connectivity index (χ3n) is 8.02. The number of fused-ring (bicyclic) bond motifs is 3. The van der Waals surface area contributed by atoms with Gasteiger partial charge in [0, 0.05) is 33.6 Å². The van der Waals surface area contributed by atoms with Crippen LogP contribution in [0.2, 0.25) is 0 Å². The van der Waals surface area contributed by atoms with Crippen LogP contribution in [0.5, 0.6) is 0 Å². The van der Waals surface area contributed by atoms with E-state index in [1.165, 1.54) is 43.3 Å². The van der Waals surface area contributed by atoms with Gasteiger partial charge in [0.25, 0.3) is 10.0 Å². The van der Waals surface area contributed by atoms with Crippen LogP contribution in [0.1, 0.15) is 87.0 Å². The lowest BCUT2D eigenvalue weighted by Crippen LogP contribution is -2.41. The van der Waals surface area contributed by atoms with Gasteiger partial charge in [-0.1, -0.05) is 43.5 Å². The number of hydrogen-bond acceptors (Lipinski definition) is 7. The Kier molecular flexibility index (Phi) is 6.49. The van der Waals surface area contributed by atoms with Crippen molar-refractivity contribution in [2.75, 3.05) is 4.31 Å². The van der Waals surface area contributed by atoms with Crippen molar-refractivity contribution in [3.05, 3.63) is 94.2 Å². The molecule has 1 saturated carbocycles. The summed E-state index contributed by atoms with van der Waals surface area (Å²) in [6.45, 7) is 3.05. The SMILES string of the molecule is CC(=O)c1c(C)oc2ccc(N(C(=O)C3CCCCC3)S(=O)(=O)c3ccc4c(c3)C(=O)c3ccccc3C4=O)cc12. The zero-order valence-electron chi connectivity index (χ0n) is 22.6. The number of ketones is 3. The van der Waals surface area contributed by atoms with E-state index < -0.39 is 27.6 Å². The Balaban J connectivity index is 1.51. The molecule has 1 aromatic heterocycles. The first-order valence-electron chi connectivity index (χ1n) is 13.6. The van der Waals surface area contributed by atoms with Gasteiger partial charge >= 0.3 is 0 Å². The molecule has 0 unspecified atom stereocenters. The Morgan fingerprint density at radius 3 is 2.12 bits per heavy atom. The van der Waals surface area contributed by atoms with E-state index in [4.69, 9.17) is 4.42 Å². The second kappa shape index (κ2) is 9.92. The molecule has 4 aromatic rings. The molecule has 1 fully saturated rings. The van der Waals surface area contributed by atoms with E-state index in [0.29, 0.717) is 35.1 Å². The van der Waals surface area contributed by atoms with Gasteiger partial charge in [0.05, 0.1) is 16.1 Å². The van der Waals surface area contributed by atoms with Crippen molar-refractivity contribution >= 4 is 49.9 Å². The molecule has 0 aliphatic heterocycles. The number of Topliss-reactive ketones (excluding diaryl/α,β-unsaturated/α-hetero) is 1. The van der Waals surface area contributed by atoms with E-state index in [1.807, 2.05) is 0 Å². The van der Waals surface area contributed by atoms with Crippen LogP contribution < -0.4 is 4.31 Å². The quantitative estimate of drug-likeness (QED) is 0.237. The molecule has 3 aromatic carbocycles. The number of hydrogen-bond donors (Lipinski definition) is 0. The van der Waals surface area contributed by atoms with Gasteiger partial charge < -0.3 is 4.42 Å². The minimum absolute atomic E-state index is 0.0281. The summed E-state index contributed by atoms with van der Waals surface area (Å²) in [4.78, 5) is 52.5. The average Bonchev–Trinajstić information content (AvgIpc) is 3.31. The van der Waals surface area contributed by atoms with Crippen molar-refractivity contribution in [2.45, 2.75) is 50.8 Å². The normalized spacial score (nSPS) is 15.5. The lowest BCUT2D eigenvalue weighted by molar-refractivity contribution is -0.122. The fraction of sp³-hybridized carbons (Fsp3) is 0.250. The number of furan rings is 1. The van der Waals surface area contributed by atoms with Crippen LogP contribution in [0.3, 0.4) is 0 Å². The van der Waals surface area contributed by atoms with Gasteiger partial charge in [-0.25, -0.2) is 12.7 Å². The molecule has 0 radical (unpaired) electrons. The van der Waals surface area contributed by atoms with Crippen LogP contribution in [0.4, 0.5) is 5.69 Å². The lowest BCUT2D eigenvalue weighted by Gasteiger charge is -2.29. The number of carbonyl (C=O) groups is 4. The van der Waals surface area contributed by atoms with Crippen molar-refractivity contribution in [1.29, 1.82) is 0 Å². The minimum atomic E-state index is -4.54. The predicted octanol–water partition coefficient (Wildman–Crippen LogP) is 6.02. The number of anilines is 1. The van der Waals surface area contributed by atoms with E-state index in [-0.39, 0.29) is 44.4 Å². The zero-order chi connectivity index (χ0) is 29.1. The highest BCUT2D eigenvalue weighted by Crippen LogP contribution is 2.36. The Bertz CT molecular complexity index is 1890. The number of aryl methyl sites for hydroxylation is 1. The highest BCUT2D eigenvalue weighted by molar-refractivity contribution is 7.93. The van der Waals surface area contributed by atoms with E-state index in [9.17, 15) is 27.6 Å². The third-order valence-corrected chi connectivity index (χ3v) is 9.74. The van der Waals surface area contributed by atoms with Gasteiger partial charge in [-0.3, -0.25) is 19.2 Å². The average molecular weight is 570 g/mol. The molecule has 1 amide bonds. The monoisotopic (exact) mass is 569 g/mol. The fourth-order valence-electron chi connectivity index (χ4n) is 6.02. The molecule has 208 valence electrons. The predicted molar refractivity (Wildman–Crippen MR) is 152 cm³/mol. The molecule has 2 aliphatic carbocycles. The molecular formula is C32H27NO7S. The number of sulfonamides is 1. The summed E-state index contributed by atoms with van der Waals surface area (Å²) in [5.41, 5.74) is 1.34. The molecule has 0 atom stereocenters. The molecule has 0 spiro atoms. The first-order valence-corrected chi connectivity index (χ1v) is 15.0. The van der Waals surface area contributed by atoms with Crippen LogP contribution in [0, 0.1) is 12.8 Å². The van der Waals surface area contributed by atoms with Crippen molar-refractivity contribution in [2.24, 2.45) is 5.92 Å². The van der Waals surface area contributed by atoms with Gasteiger partial charge in [0.1, 0.15) is 11.3 Å². The van der Waals surface area contributed by atoms with Crippen molar-refractivity contribution < 1.29 is 32.0 Å². The summed E-state index contributed by atoms with van der Waals surface area (Å²) in [5, 5.41) is 0.409. The summed E-state index contributed by atoms with van der Waals surface area (Å²) < 4.78 is 35.1. The summed E-state index contributed by atoms with van der Waals surface area (Å²) in [6, 6.07) is 14.7. The molecule has 1 heterocycles. The topological polar surface area (TPSA) is 119 Å².